The number of ether oxygens (including phenoxy) is 1. The molecular weight excluding hydrogens is 342 g/mol. The first-order valence-electron chi connectivity index (χ1n) is 8.49. The lowest BCUT2D eigenvalue weighted by Crippen LogP contribution is -2.44. The number of nitrogens with one attached hydrogen (secondary N) is 2. The van der Waals surface area contributed by atoms with Crippen molar-refractivity contribution in [3.8, 4) is 5.75 Å². The molecule has 0 atom stereocenters. The van der Waals surface area contributed by atoms with Crippen molar-refractivity contribution in [1.29, 1.82) is 0 Å². The summed E-state index contributed by atoms with van der Waals surface area (Å²) in [5.41, 5.74) is 0. The van der Waals surface area contributed by atoms with Gasteiger partial charge in [-0.3, -0.25) is 4.79 Å². The summed E-state index contributed by atoms with van der Waals surface area (Å²) < 4.78 is 32.0. The molecule has 0 aliphatic carbocycles. The van der Waals surface area contributed by atoms with E-state index in [9.17, 15) is 13.2 Å². The van der Waals surface area contributed by atoms with Gasteiger partial charge in [-0.25, -0.2) is 13.1 Å². The Hall–Kier alpha value is -1.64. The molecule has 0 unspecified atom stereocenters. The van der Waals surface area contributed by atoms with Gasteiger partial charge in [0.15, 0.2) is 6.61 Å². The van der Waals surface area contributed by atoms with Crippen LogP contribution in [0.2, 0.25) is 0 Å². The fraction of sp³-hybridized carbons (Fsp3) is 0.588. The molecule has 7 nitrogen and oxygen atoms in total. The van der Waals surface area contributed by atoms with E-state index < -0.39 is 10.0 Å². The number of hydrogen-bond acceptors (Lipinski definition) is 5. The number of amides is 1. The number of likely N-dealkylation sites (tertiary alicyclic amines) is 1. The number of carbonyl (C=O) groups excluding carboxylic acids is 1. The van der Waals surface area contributed by atoms with E-state index in [1.807, 2.05) is 0 Å². The zero-order chi connectivity index (χ0) is 18.4. The summed E-state index contributed by atoms with van der Waals surface area (Å²) in [6.07, 6.45) is 1.88. The molecule has 1 aliphatic heterocycles. The molecule has 25 heavy (non-hydrogen) atoms. The summed E-state index contributed by atoms with van der Waals surface area (Å²) in [7, 11) is -1.45. The van der Waals surface area contributed by atoms with Crippen molar-refractivity contribution in [2.24, 2.45) is 0 Å². The molecule has 0 radical (unpaired) electrons. The van der Waals surface area contributed by atoms with Crippen LogP contribution in [0.25, 0.3) is 0 Å². The normalized spacial score (nSPS) is 16.8. The van der Waals surface area contributed by atoms with Gasteiger partial charge in [0.25, 0.3) is 5.91 Å². The minimum Gasteiger partial charge on any atom is -0.484 e. The lowest BCUT2D eigenvalue weighted by molar-refractivity contribution is -0.124. The average Bonchev–Trinajstić information content (AvgIpc) is 2.54. The van der Waals surface area contributed by atoms with Gasteiger partial charge in [-0.05, 0) is 71.1 Å². The van der Waals surface area contributed by atoms with Gasteiger partial charge in [-0.15, -0.1) is 0 Å². The fourth-order valence-corrected chi connectivity index (χ4v) is 3.92. The highest BCUT2D eigenvalue weighted by atomic mass is 32.2. The maximum Gasteiger partial charge on any atom is 0.258 e. The minimum atomic E-state index is -3.52. The van der Waals surface area contributed by atoms with Crippen molar-refractivity contribution < 1.29 is 17.9 Å². The molecule has 140 valence electrons. The van der Waals surface area contributed by atoms with Crippen molar-refractivity contribution in [3.63, 3.8) is 0 Å². The highest BCUT2D eigenvalue weighted by Gasteiger charge is 2.19. The number of piperidine rings is 1. The third kappa shape index (κ3) is 6.30. The molecule has 1 aliphatic rings. The zero-order valence-corrected chi connectivity index (χ0v) is 15.8. The third-order valence-electron chi connectivity index (χ3n) is 3.98. The quantitative estimate of drug-likeness (QED) is 0.748. The fourth-order valence-electron chi connectivity index (χ4n) is 2.66. The van der Waals surface area contributed by atoms with Crippen molar-refractivity contribution in [1.82, 2.24) is 14.9 Å². The maximum absolute atomic E-state index is 12.0. The van der Waals surface area contributed by atoms with Crippen molar-refractivity contribution >= 4 is 15.9 Å². The first kappa shape index (κ1) is 19.7. The first-order valence-corrected chi connectivity index (χ1v) is 9.97. The van der Waals surface area contributed by atoms with E-state index in [4.69, 9.17) is 4.74 Å². The summed E-state index contributed by atoms with van der Waals surface area (Å²) in [6.45, 7) is 5.40. The smallest absolute Gasteiger partial charge is 0.258 e. The maximum atomic E-state index is 12.0. The van der Waals surface area contributed by atoms with E-state index in [1.54, 1.807) is 26.0 Å². The number of nitrogens with zero attached hydrogens (tertiary/aromatic N) is 1. The van der Waals surface area contributed by atoms with Crippen molar-refractivity contribution in [3.05, 3.63) is 24.3 Å². The number of benzene rings is 1. The lowest BCUT2D eigenvalue weighted by Gasteiger charge is -2.29. The van der Waals surface area contributed by atoms with Crippen LogP contribution < -0.4 is 14.8 Å². The molecule has 1 amide bonds. The average molecular weight is 369 g/mol. The Bertz CT molecular complexity index is 666. The van der Waals surface area contributed by atoms with Crippen molar-refractivity contribution in [2.45, 2.75) is 43.7 Å². The number of rotatable bonds is 7. The van der Waals surface area contributed by atoms with E-state index >= 15 is 0 Å². The Balaban J connectivity index is 1.82. The molecule has 1 aromatic carbocycles. The van der Waals surface area contributed by atoms with Gasteiger partial charge in [0.2, 0.25) is 10.0 Å². The van der Waals surface area contributed by atoms with E-state index in [2.05, 4.69) is 22.0 Å². The minimum absolute atomic E-state index is 0.0807. The summed E-state index contributed by atoms with van der Waals surface area (Å²) in [4.78, 5) is 14.4. The predicted octanol–water partition coefficient (Wildman–Crippen LogP) is 0.963. The van der Waals surface area contributed by atoms with Crippen LogP contribution in [0.3, 0.4) is 0 Å². The molecule has 0 bridgehead atoms. The monoisotopic (exact) mass is 369 g/mol. The van der Waals surface area contributed by atoms with Crippen LogP contribution in [0.5, 0.6) is 5.75 Å². The van der Waals surface area contributed by atoms with Gasteiger partial charge in [0, 0.05) is 12.1 Å². The molecule has 2 N–H and O–H groups in total. The first-order chi connectivity index (χ1) is 11.8. The lowest BCUT2D eigenvalue weighted by atomic mass is 10.1. The van der Waals surface area contributed by atoms with Gasteiger partial charge in [-0.2, -0.15) is 0 Å². The Kier molecular flexibility index (Phi) is 6.80. The number of carbonyl (C=O) groups is 1. The Labute approximate surface area is 149 Å². The number of sulfonamides is 1. The van der Waals surface area contributed by atoms with E-state index in [0.29, 0.717) is 5.75 Å². The Morgan fingerprint density at radius 1 is 1.24 bits per heavy atom. The van der Waals surface area contributed by atoms with Gasteiger partial charge in [0.1, 0.15) is 5.75 Å². The van der Waals surface area contributed by atoms with Gasteiger partial charge >= 0.3 is 0 Å². The zero-order valence-electron chi connectivity index (χ0n) is 15.0. The summed E-state index contributed by atoms with van der Waals surface area (Å²) in [5.74, 6) is 0.301. The Morgan fingerprint density at radius 2 is 1.84 bits per heavy atom. The highest BCUT2D eigenvalue weighted by Crippen LogP contribution is 2.16. The second kappa shape index (κ2) is 8.64. The van der Waals surface area contributed by atoms with Crippen LogP contribution >= 0.6 is 0 Å². The van der Waals surface area contributed by atoms with E-state index in [1.165, 1.54) is 12.1 Å². The molecular formula is C17H27N3O4S. The van der Waals surface area contributed by atoms with Crippen LogP contribution in [0.15, 0.2) is 29.2 Å². The SMILES string of the molecule is CC(C)NS(=O)(=O)c1ccc(OCC(=O)NC2CCN(C)CC2)cc1. The van der Waals surface area contributed by atoms with Crippen LogP contribution in [0, 0.1) is 0 Å². The van der Waals surface area contributed by atoms with Crippen LogP contribution in [0.4, 0.5) is 0 Å². The molecule has 0 aromatic heterocycles. The molecule has 1 heterocycles. The van der Waals surface area contributed by atoms with Gasteiger partial charge in [-0.1, -0.05) is 0 Å². The molecule has 2 rings (SSSR count). The summed E-state index contributed by atoms with van der Waals surface area (Å²) >= 11 is 0. The molecule has 0 spiro atoms. The predicted molar refractivity (Wildman–Crippen MR) is 96.1 cm³/mol. The standard InChI is InChI=1S/C17H27N3O4S/c1-13(2)19-25(22,23)16-6-4-15(5-7-16)24-12-17(21)18-14-8-10-20(3)11-9-14/h4-7,13-14,19H,8-12H2,1-3H3,(H,18,21). The Morgan fingerprint density at radius 3 is 2.40 bits per heavy atom. The van der Waals surface area contributed by atoms with Crippen LogP contribution in [-0.2, 0) is 14.8 Å². The molecule has 1 fully saturated rings. The third-order valence-corrected chi connectivity index (χ3v) is 5.65. The largest absolute Gasteiger partial charge is 0.484 e. The molecule has 8 heteroatoms. The van der Waals surface area contributed by atoms with E-state index in [-0.39, 0.29) is 29.5 Å². The van der Waals surface area contributed by atoms with Gasteiger partial charge in [0.05, 0.1) is 4.90 Å². The van der Waals surface area contributed by atoms with Crippen LogP contribution in [0.1, 0.15) is 26.7 Å². The van der Waals surface area contributed by atoms with Crippen LogP contribution in [-0.4, -0.2) is 58.1 Å². The van der Waals surface area contributed by atoms with Gasteiger partial charge < -0.3 is 15.0 Å². The number of hydrogen-bond donors (Lipinski definition) is 2. The molecule has 0 saturated carbocycles. The van der Waals surface area contributed by atoms with E-state index in [0.717, 1.165) is 25.9 Å². The highest BCUT2D eigenvalue weighted by molar-refractivity contribution is 7.89. The second-order valence-corrected chi connectivity index (χ2v) is 8.40. The second-order valence-electron chi connectivity index (χ2n) is 6.68. The molecule has 1 aromatic rings. The van der Waals surface area contributed by atoms with Crippen molar-refractivity contribution in [2.75, 3.05) is 26.7 Å². The topological polar surface area (TPSA) is 87.7 Å². The summed E-state index contributed by atoms with van der Waals surface area (Å²) in [5, 5.41) is 2.97. The molecule has 1 saturated heterocycles. The summed E-state index contributed by atoms with van der Waals surface area (Å²) in [6, 6.07) is 6.06.